The first kappa shape index (κ1) is 15.2. The van der Waals surface area contributed by atoms with Crippen LogP contribution in [0.25, 0.3) is 0 Å². The van der Waals surface area contributed by atoms with Crippen molar-refractivity contribution in [1.29, 1.82) is 0 Å². The molecule has 0 aliphatic carbocycles. The summed E-state index contributed by atoms with van der Waals surface area (Å²) in [5.41, 5.74) is 2.13. The van der Waals surface area contributed by atoms with Gasteiger partial charge in [0, 0.05) is 17.8 Å². The maximum atomic E-state index is 6.26. The summed E-state index contributed by atoms with van der Waals surface area (Å²) in [7, 11) is 0. The molecule has 3 nitrogen and oxygen atoms in total. The number of ether oxygens (including phenoxy) is 1. The van der Waals surface area contributed by atoms with Gasteiger partial charge in [0.05, 0.1) is 6.04 Å². The van der Waals surface area contributed by atoms with Gasteiger partial charge < -0.3 is 9.30 Å². The highest BCUT2D eigenvalue weighted by Crippen LogP contribution is 2.20. The van der Waals surface area contributed by atoms with Crippen LogP contribution >= 0.6 is 11.6 Å². The SMILES string of the molecule is CCCCC1COC(c2cccn2Cc2ccccc2Cl)=N1. The van der Waals surface area contributed by atoms with Crippen LogP contribution in [-0.2, 0) is 11.3 Å². The van der Waals surface area contributed by atoms with Crippen LogP contribution in [0.3, 0.4) is 0 Å². The molecule has 0 bridgehead atoms. The minimum Gasteiger partial charge on any atom is -0.474 e. The van der Waals surface area contributed by atoms with E-state index in [2.05, 4.69) is 17.6 Å². The fraction of sp³-hybridized carbons (Fsp3) is 0.389. The van der Waals surface area contributed by atoms with Gasteiger partial charge in [0.2, 0.25) is 5.90 Å². The zero-order chi connectivity index (χ0) is 15.4. The summed E-state index contributed by atoms with van der Waals surface area (Å²) in [6, 6.07) is 12.3. The maximum absolute atomic E-state index is 6.26. The van der Waals surface area contributed by atoms with E-state index in [-0.39, 0.29) is 0 Å². The summed E-state index contributed by atoms with van der Waals surface area (Å²) in [6.45, 7) is 3.63. The van der Waals surface area contributed by atoms with Crippen LogP contribution in [0.5, 0.6) is 0 Å². The van der Waals surface area contributed by atoms with Crippen LogP contribution < -0.4 is 0 Å². The number of rotatable bonds is 6. The highest BCUT2D eigenvalue weighted by Gasteiger charge is 2.21. The number of aromatic nitrogens is 1. The molecule has 0 radical (unpaired) electrons. The molecule has 1 unspecified atom stereocenters. The van der Waals surface area contributed by atoms with Crippen LogP contribution in [-0.4, -0.2) is 23.1 Å². The largest absolute Gasteiger partial charge is 0.474 e. The van der Waals surface area contributed by atoms with Crippen LogP contribution in [0, 0.1) is 0 Å². The van der Waals surface area contributed by atoms with E-state index < -0.39 is 0 Å². The molecular weight excluding hydrogens is 296 g/mol. The Morgan fingerprint density at radius 2 is 2.14 bits per heavy atom. The molecule has 3 rings (SSSR count). The van der Waals surface area contributed by atoms with Crippen molar-refractivity contribution in [2.75, 3.05) is 6.61 Å². The highest BCUT2D eigenvalue weighted by molar-refractivity contribution is 6.31. The van der Waals surface area contributed by atoms with Gasteiger partial charge in [0.1, 0.15) is 12.3 Å². The lowest BCUT2D eigenvalue weighted by Gasteiger charge is -2.10. The first-order valence-electron chi connectivity index (χ1n) is 7.87. The van der Waals surface area contributed by atoms with E-state index in [0.717, 1.165) is 35.1 Å². The second-order valence-electron chi connectivity index (χ2n) is 5.65. The molecule has 22 heavy (non-hydrogen) atoms. The van der Waals surface area contributed by atoms with Crippen LogP contribution in [0.15, 0.2) is 47.6 Å². The standard InChI is InChI=1S/C18H21ClN2O/c1-2-3-8-15-13-22-18(20-15)17-10-6-11-21(17)12-14-7-4-5-9-16(14)19/h4-7,9-11,15H,2-3,8,12-13H2,1H3. The molecule has 0 N–H and O–H groups in total. The summed E-state index contributed by atoms with van der Waals surface area (Å²) in [5, 5.41) is 0.789. The van der Waals surface area contributed by atoms with Gasteiger partial charge in [-0.15, -0.1) is 0 Å². The smallest absolute Gasteiger partial charge is 0.233 e. The second-order valence-corrected chi connectivity index (χ2v) is 6.06. The molecule has 116 valence electrons. The average molecular weight is 317 g/mol. The van der Waals surface area contributed by atoms with E-state index in [9.17, 15) is 0 Å². The summed E-state index contributed by atoms with van der Waals surface area (Å²) < 4.78 is 7.95. The number of hydrogen-bond acceptors (Lipinski definition) is 2. The topological polar surface area (TPSA) is 26.5 Å². The highest BCUT2D eigenvalue weighted by atomic mass is 35.5. The average Bonchev–Trinajstić information content (AvgIpc) is 3.16. The Hall–Kier alpha value is -1.74. The lowest BCUT2D eigenvalue weighted by atomic mass is 10.1. The van der Waals surface area contributed by atoms with Crippen molar-refractivity contribution in [3.05, 3.63) is 58.9 Å². The fourth-order valence-electron chi connectivity index (χ4n) is 2.70. The zero-order valence-electron chi connectivity index (χ0n) is 12.8. The summed E-state index contributed by atoms with van der Waals surface area (Å²) in [6.07, 6.45) is 5.55. The number of halogens is 1. The van der Waals surface area contributed by atoms with E-state index in [4.69, 9.17) is 21.3 Å². The van der Waals surface area contributed by atoms with Crippen molar-refractivity contribution < 1.29 is 4.74 Å². The lowest BCUT2D eigenvalue weighted by Crippen LogP contribution is -2.10. The van der Waals surface area contributed by atoms with Crippen molar-refractivity contribution in [3.63, 3.8) is 0 Å². The molecular formula is C18H21ClN2O. The first-order chi connectivity index (χ1) is 10.8. The third kappa shape index (κ3) is 3.36. The van der Waals surface area contributed by atoms with Crippen molar-refractivity contribution >= 4 is 17.5 Å². The van der Waals surface area contributed by atoms with Gasteiger partial charge in [0.15, 0.2) is 0 Å². The van der Waals surface area contributed by atoms with Crippen molar-refractivity contribution in [2.45, 2.75) is 38.8 Å². The Bertz CT molecular complexity index is 663. The predicted octanol–water partition coefficient (Wildman–Crippen LogP) is 4.53. The molecule has 0 saturated heterocycles. The summed E-state index contributed by atoms with van der Waals surface area (Å²) in [4.78, 5) is 4.73. The first-order valence-corrected chi connectivity index (χ1v) is 8.25. The Balaban J connectivity index is 1.77. The molecule has 0 spiro atoms. The maximum Gasteiger partial charge on any atom is 0.233 e. The predicted molar refractivity (Wildman–Crippen MR) is 90.8 cm³/mol. The lowest BCUT2D eigenvalue weighted by molar-refractivity contribution is 0.308. The second kappa shape index (κ2) is 7.01. The van der Waals surface area contributed by atoms with E-state index in [1.807, 2.05) is 36.5 Å². The van der Waals surface area contributed by atoms with Crippen LogP contribution in [0.2, 0.25) is 5.02 Å². The van der Waals surface area contributed by atoms with Gasteiger partial charge in [-0.3, -0.25) is 0 Å². The fourth-order valence-corrected chi connectivity index (χ4v) is 2.89. The normalized spacial score (nSPS) is 17.4. The van der Waals surface area contributed by atoms with Gasteiger partial charge in [-0.05, 0) is 30.2 Å². The summed E-state index contributed by atoms with van der Waals surface area (Å²) >= 11 is 6.26. The summed E-state index contributed by atoms with van der Waals surface area (Å²) in [5.74, 6) is 0.762. The number of unbranched alkanes of at least 4 members (excludes halogenated alkanes) is 1. The molecule has 2 heterocycles. The minimum absolute atomic E-state index is 0.304. The Labute approximate surface area is 136 Å². The number of nitrogens with zero attached hydrogens (tertiary/aromatic N) is 2. The Morgan fingerprint density at radius 1 is 1.27 bits per heavy atom. The van der Waals surface area contributed by atoms with E-state index in [1.54, 1.807) is 0 Å². The molecule has 1 aromatic heterocycles. The van der Waals surface area contributed by atoms with Gasteiger partial charge in [-0.2, -0.15) is 0 Å². The third-order valence-corrected chi connectivity index (χ3v) is 4.32. The van der Waals surface area contributed by atoms with Crippen molar-refractivity contribution in [2.24, 2.45) is 4.99 Å². The van der Waals surface area contributed by atoms with E-state index in [1.165, 1.54) is 12.8 Å². The van der Waals surface area contributed by atoms with E-state index in [0.29, 0.717) is 12.6 Å². The molecule has 0 saturated carbocycles. The van der Waals surface area contributed by atoms with Gasteiger partial charge in [-0.25, -0.2) is 4.99 Å². The minimum atomic E-state index is 0.304. The van der Waals surface area contributed by atoms with Gasteiger partial charge >= 0.3 is 0 Å². The quantitative estimate of drug-likeness (QED) is 0.769. The number of hydrogen-bond donors (Lipinski definition) is 0. The third-order valence-electron chi connectivity index (χ3n) is 3.95. The van der Waals surface area contributed by atoms with Crippen LogP contribution in [0.4, 0.5) is 0 Å². The monoisotopic (exact) mass is 316 g/mol. The molecule has 1 aliphatic rings. The van der Waals surface area contributed by atoms with Crippen molar-refractivity contribution in [3.8, 4) is 0 Å². The molecule has 0 fully saturated rings. The van der Waals surface area contributed by atoms with Crippen molar-refractivity contribution in [1.82, 2.24) is 4.57 Å². The zero-order valence-corrected chi connectivity index (χ0v) is 13.6. The molecule has 2 aromatic rings. The molecule has 1 aromatic carbocycles. The number of aliphatic imine (C=N–C) groups is 1. The Kier molecular flexibility index (Phi) is 4.84. The van der Waals surface area contributed by atoms with E-state index >= 15 is 0 Å². The molecule has 1 atom stereocenters. The Morgan fingerprint density at radius 3 is 2.95 bits per heavy atom. The molecule has 4 heteroatoms. The van der Waals surface area contributed by atoms with Crippen LogP contribution in [0.1, 0.15) is 37.4 Å². The van der Waals surface area contributed by atoms with Gasteiger partial charge in [-0.1, -0.05) is 49.6 Å². The molecule has 1 aliphatic heterocycles. The number of benzene rings is 1. The molecule has 0 amide bonds. The van der Waals surface area contributed by atoms with Gasteiger partial charge in [0.25, 0.3) is 0 Å².